The van der Waals surface area contributed by atoms with Crippen LogP contribution in [0.15, 0.2) is 48.5 Å². The van der Waals surface area contributed by atoms with Crippen LogP contribution in [-0.4, -0.2) is 29.3 Å². The highest BCUT2D eigenvalue weighted by molar-refractivity contribution is 6.30. The molecule has 0 heterocycles. The van der Waals surface area contributed by atoms with Crippen molar-refractivity contribution < 1.29 is 9.59 Å². The van der Waals surface area contributed by atoms with Gasteiger partial charge in [-0.05, 0) is 49.9 Å². The fourth-order valence-electron chi connectivity index (χ4n) is 3.15. The van der Waals surface area contributed by atoms with Gasteiger partial charge in [0, 0.05) is 24.5 Å². The second kappa shape index (κ2) is 10.9. The van der Waals surface area contributed by atoms with Gasteiger partial charge in [0.05, 0.1) is 0 Å². The van der Waals surface area contributed by atoms with Crippen LogP contribution in [0.3, 0.4) is 0 Å². The predicted octanol–water partition coefficient (Wildman–Crippen LogP) is 4.52. The lowest BCUT2D eigenvalue weighted by Crippen LogP contribution is -2.49. The zero-order valence-corrected chi connectivity index (χ0v) is 17.6. The fourth-order valence-corrected chi connectivity index (χ4v) is 3.27. The minimum absolute atomic E-state index is 0.0198. The number of benzene rings is 2. The number of nitrogens with zero attached hydrogens (tertiary/aromatic N) is 1. The molecule has 2 rings (SSSR count). The molecule has 0 radical (unpaired) electrons. The van der Waals surface area contributed by atoms with E-state index in [4.69, 9.17) is 11.6 Å². The third-order valence-electron chi connectivity index (χ3n) is 4.75. The quantitative estimate of drug-likeness (QED) is 0.672. The standard InChI is InChI=1S/C23H29ClN2O2/c1-4-21(23(28)25-5-2)26(16-19-10-13-20(24)14-11-19)22(27)15-12-18-8-6-17(3)7-9-18/h6-11,13-14,21H,4-5,12,15-16H2,1-3H3,(H,25,28)/t21-/m0/s1. The van der Waals surface area contributed by atoms with Crippen LogP contribution in [0, 0.1) is 6.92 Å². The summed E-state index contributed by atoms with van der Waals surface area (Å²) in [5, 5.41) is 3.50. The van der Waals surface area contributed by atoms with E-state index in [1.807, 2.05) is 45.0 Å². The Labute approximate surface area is 172 Å². The van der Waals surface area contributed by atoms with Crippen molar-refractivity contribution in [1.82, 2.24) is 10.2 Å². The van der Waals surface area contributed by atoms with Crippen LogP contribution >= 0.6 is 11.6 Å². The normalized spacial score (nSPS) is 11.7. The van der Waals surface area contributed by atoms with Gasteiger partial charge in [-0.15, -0.1) is 0 Å². The van der Waals surface area contributed by atoms with Gasteiger partial charge in [0.2, 0.25) is 11.8 Å². The highest BCUT2D eigenvalue weighted by Crippen LogP contribution is 2.17. The number of rotatable bonds is 9. The van der Waals surface area contributed by atoms with Gasteiger partial charge in [-0.25, -0.2) is 0 Å². The van der Waals surface area contributed by atoms with Crippen molar-refractivity contribution in [3.05, 3.63) is 70.2 Å². The van der Waals surface area contributed by atoms with Crippen LogP contribution < -0.4 is 5.32 Å². The Morgan fingerprint density at radius 3 is 2.18 bits per heavy atom. The van der Waals surface area contributed by atoms with E-state index >= 15 is 0 Å². The van der Waals surface area contributed by atoms with Gasteiger partial charge in [0.15, 0.2) is 0 Å². The van der Waals surface area contributed by atoms with Gasteiger partial charge in [-0.2, -0.15) is 0 Å². The number of hydrogen-bond acceptors (Lipinski definition) is 2. The summed E-state index contributed by atoms with van der Waals surface area (Å²) in [6.07, 6.45) is 1.59. The van der Waals surface area contributed by atoms with Crippen LogP contribution in [0.1, 0.15) is 43.4 Å². The molecule has 1 atom stereocenters. The summed E-state index contributed by atoms with van der Waals surface area (Å²) >= 11 is 5.98. The summed E-state index contributed by atoms with van der Waals surface area (Å²) in [5.74, 6) is -0.128. The van der Waals surface area contributed by atoms with Gasteiger partial charge in [-0.1, -0.05) is 60.5 Å². The summed E-state index contributed by atoms with van der Waals surface area (Å²) in [4.78, 5) is 27.3. The SMILES string of the molecule is CCNC(=O)[C@H](CC)N(Cc1ccc(Cl)cc1)C(=O)CCc1ccc(C)cc1. The molecule has 0 saturated heterocycles. The lowest BCUT2D eigenvalue weighted by molar-refractivity contribution is -0.141. The minimum atomic E-state index is -0.485. The molecule has 0 aliphatic rings. The average molecular weight is 401 g/mol. The van der Waals surface area contributed by atoms with Gasteiger partial charge in [-0.3, -0.25) is 9.59 Å². The number of amides is 2. The van der Waals surface area contributed by atoms with Crippen molar-refractivity contribution in [1.29, 1.82) is 0 Å². The van der Waals surface area contributed by atoms with Crippen molar-refractivity contribution in [2.45, 2.75) is 52.6 Å². The maximum atomic E-state index is 13.1. The first-order chi connectivity index (χ1) is 13.4. The number of nitrogens with one attached hydrogen (secondary N) is 1. The summed E-state index contributed by atoms with van der Waals surface area (Å²) < 4.78 is 0. The predicted molar refractivity (Wildman–Crippen MR) is 114 cm³/mol. The first-order valence-corrected chi connectivity index (χ1v) is 10.2. The highest BCUT2D eigenvalue weighted by Gasteiger charge is 2.28. The molecule has 2 amide bonds. The van der Waals surface area contributed by atoms with Gasteiger partial charge >= 0.3 is 0 Å². The molecule has 28 heavy (non-hydrogen) atoms. The molecule has 0 fully saturated rings. The van der Waals surface area contributed by atoms with Crippen LogP contribution in [0.2, 0.25) is 5.02 Å². The van der Waals surface area contributed by atoms with E-state index in [-0.39, 0.29) is 11.8 Å². The molecule has 0 unspecified atom stereocenters. The van der Waals surface area contributed by atoms with Crippen LogP contribution in [-0.2, 0) is 22.6 Å². The van der Waals surface area contributed by atoms with E-state index in [0.717, 1.165) is 11.1 Å². The largest absolute Gasteiger partial charge is 0.355 e. The molecular weight excluding hydrogens is 372 g/mol. The van der Waals surface area contributed by atoms with Crippen molar-refractivity contribution >= 4 is 23.4 Å². The molecule has 2 aromatic carbocycles. The monoisotopic (exact) mass is 400 g/mol. The van der Waals surface area contributed by atoms with E-state index in [0.29, 0.717) is 37.4 Å². The lowest BCUT2D eigenvalue weighted by Gasteiger charge is -2.30. The third kappa shape index (κ3) is 6.38. The highest BCUT2D eigenvalue weighted by atomic mass is 35.5. The first-order valence-electron chi connectivity index (χ1n) is 9.81. The minimum Gasteiger partial charge on any atom is -0.355 e. The van der Waals surface area contributed by atoms with E-state index in [2.05, 4.69) is 17.4 Å². The van der Waals surface area contributed by atoms with Crippen molar-refractivity contribution in [3.8, 4) is 0 Å². The van der Waals surface area contributed by atoms with E-state index in [1.54, 1.807) is 17.0 Å². The van der Waals surface area contributed by atoms with Crippen molar-refractivity contribution in [2.75, 3.05) is 6.54 Å². The van der Waals surface area contributed by atoms with E-state index in [9.17, 15) is 9.59 Å². The third-order valence-corrected chi connectivity index (χ3v) is 5.00. The number of hydrogen-bond donors (Lipinski definition) is 1. The molecule has 0 spiro atoms. The van der Waals surface area contributed by atoms with E-state index < -0.39 is 6.04 Å². The van der Waals surface area contributed by atoms with Crippen molar-refractivity contribution in [3.63, 3.8) is 0 Å². The topological polar surface area (TPSA) is 49.4 Å². The molecule has 150 valence electrons. The maximum Gasteiger partial charge on any atom is 0.242 e. The average Bonchev–Trinajstić information content (AvgIpc) is 2.69. The smallest absolute Gasteiger partial charge is 0.242 e. The summed E-state index contributed by atoms with van der Waals surface area (Å²) in [6.45, 7) is 6.79. The molecule has 0 aliphatic carbocycles. The molecule has 0 saturated carbocycles. The zero-order valence-electron chi connectivity index (χ0n) is 16.9. The Balaban J connectivity index is 2.16. The lowest BCUT2D eigenvalue weighted by atomic mass is 10.1. The maximum absolute atomic E-state index is 13.1. The molecule has 0 aliphatic heterocycles. The second-order valence-electron chi connectivity index (χ2n) is 6.95. The van der Waals surface area contributed by atoms with Crippen LogP contribution in [0.4, 0.5) is 0 Å². The number of carbonyl (C=O) groups excluding carboxylic acids is 2. The molecule has 5 heteroatoms. The molecule has 4 nitrogen and oxygen atoms in total. The number of aryl methyl sites for hydroxylation is 2. The second-order valence-corrected chi connectivity index (χ2v) is 7.39. The molecule has 2 aromatic rings. The van der Waals surface area contributed by atoms with Gasteiger partial charge < -0.3 is 10.2 Å². The molecule has 0 bridgehead atoms. The van der Waals surface area contributed by atoms with Crippen LogP contribution in [0.5, 0.6) is 0 Å². The Morgan fingerprint density at radius 2 is 1.61 bits per heavy atom. The Kier molecular flexibility index (Phi) is 8.52. The van der Waals surface area contributed by atoms with Crippen LogP contribution in [0.25, 0.3) is 0 Å². The fraction of sp³-hybridized carbons (Fsp3) is 0.391. The Hall–Kier alpha value is -2.33. The van der Waals surface area contributed by atoms with Gasteiger partial charge in [0.25, 0.3) is 0 Å². The Bertz CT molecular complexity index is 772. The number of halogens is 1. The molecule has 1 N–H and O–H groups in total. The number of likely N-dealkylation sites (N-methyl/N-ethyl adjacent to an activating group) is 1. The van der Waals surface area contributed by atoms with E-state index in [1.165, 1.54) is 5.56 Å². The van der Waals surface area contributed by atoms with Crippen molar-refractivity contribution in [2.24, 2.45) is 0 Å². The molecule has 0 aromatic heterocycles. The summed E-state index contributed by atoms with van der Waals surface area (Å²) in [7, 11) is 0. The Morgan fingerprint density at radius 1 is 1.00 bits per heavy atom. The summed E-state index contributed by atoms with van der Waals surface area (Å²) in [6, 6.07) is 15.1. The molecular formula is C23H29ClN2O2. The van der Waals surface area contributed by atoms with Gasteiger partial charge in [0.1, 0.15) is 6.04 Å². The summed E-state index contributed by atoms with van der Waals surface area (Å²) in [5.41, 5.74) is 3.27. The zero-order chi connectivity index (χ0) is 20.5. The first kappa shape index (κ1) is 22.0. The number of carbonyl (C=O) groups is 2.